The van der Waals surface area contributed by atoms with Crippen LogP contribution in [0.25, 0.3) is 11.3 Å². The molecular weight excluding hydrogens is 326 g/mol. The third kappa shape index (κ3) is 2.95. The Labute approximate surface area is 143 Å². The summed E-state index contributed by atoms with van der Waals surface area (Å²) in [7, 11) is 1.51. The SMILES string of the molecule is CNC(=O)C1(C(=O)Nc2ncc(-c3ccc([N+](=O)[O-])cc3)[nH]2)CCC1. The summed E-state index contributed by atoms with van der Waals surface area (Å²) in [5, 5.41) is 15.9. The molecule has 1 aliphatic rings. The summed E-state index contributed by atoms with van der Waals surface area (Å²) in [5.74, 6) is -0.449. The van der Waals surface area contributed by atoms with E-state index >= 15 is 0 Å². The van der Waals surface area contributed by atoms with Crippen molar-refractivity contribution in [3.8, 4) is 11.3 Å². The normalized spacial score (nSPS) is 15.1. The van der Waals surface area contributed by atoms with E-state index in [4.69, 9.17) is 0 Å². The molecular formula is C16H17N5O4. The molecule has 3 N–H and O–H groups in total. The third-order valence-electron chi connectivity index (χ3n) is 4.50. The van der Waals surface area contributed by atoms with Gasteiger partial charge in [-0.05, 0) is 25.0 Å². The van der Waals surface area contributed by atoms with Gasteiger partial charge in [0, 0.05) is 24.7 Å². The van der Waals surface area contributed by atoms with Gasteiger partial charge in [-0.25, -0.2) is 4.98 Å². The van der Waals surface area contributed by atoms with Gasteiger partial charge in [0.1, 0.15) is 5.41 Å². The number of hydrogen-bond donors (Lipinski definition) is 3. The van der Waals surface area contributed by atoms with Gasteiger partial charge in [-0.2, -0.15) is 0 Å². The van der Waals surface area contributed by atoms with Crippen LogP contribution in [-0.2, 0) is 9.59 Å². The molecule has 0 aliphatic heterocycles. The first-order valence-electron chi connectivity index (χ1n) is 7.80. The van der Waals surface area contributed by atoms with E-state index in [-0.39, 0.29) is 23.5 Å². The number of H-pyrrole nitrogens is 1. The molecule has 1 saturated carbocycles. The molecule has 0 saturated heterocycles. The van der Waals surface area contributed by atoms with Gasteiger partial charge >= 0.3 is 0 Å². The van der Waals surface area contributed by atoms with E-state index < -0.39 is 10.3 Å². The number of amides is 2. The molecule has 0 bridgehead atoms. The van der Waals surface area contributed by atoms with Crippen LogP contribution in [0.4, 0.5) is 11.6 Å². The fraction of sp³-hybridized carbons (Fsp3) is 0.312. The first-order chi connectivity index (χ1) is 12.0. The maximum Gasteiger partial charge on any atom is 0.269 e. The molecule has 0 unspecified atom stereocenters. The smallest absolute Gasteiger partial charge is 0.269 e. The first kappa shape index (κ1) is 16.6. The Bertz CT molecular complexity index is 823. The van der Waals surface area contributed by atoms with Crippen molar-refractivity contribution < 1.29 is 14.5 Å². The summed E-state index contributed by atoms with van der Waals surface area (Å²) < 4.78 is 0. The van der Waals surface area contributed by atoms with E-state index in [9.17, 15) is 19.7 Å². The summed E-state index contributed by atoms with van der Waals surface area (Å²) in [6, 6.07) is 5.97. The van der Waals surface area contributed by atoms with E-state index in [1.54, 1.807) is 12.1 Å². The number of nitrogens with one attached hydrogen (secondary N) is 3. The molecule has 9 nitrogen and oxygen atoms in total. The summed E-state index contributed by atoms with van der Waals surface area (Å²) in [5.41, 5.74) is 0.264. The highest BCUT2D eigenvalue weighted by molar-refractivity contribution is 6.10. The van der Waals surface area contributed by atoms with Crippen molar-refractivity contribution in [2.45, 2.75) is 19.3 Å². The van der Waals surface area contributed by atoms with Crippen molar-refractivity contribution in [3.05, 3.63) is 40.6 Å². The number of nitrogens with zero attached hydrogens (tertiary/aromatic N) is 2. The lowest BCUT2D eigenvalue weighted by Crippen LogP contribution is -2.52. The Hall–Kier alpha value is -3.23. The fourth-order valence-electron chi connectivity index (χ4n) is 2.85. The minimum Gasteiger partial charge on any atom is -0.358 e. The molecule has 0 spiro atoms. The topological polar surface area (TPSA) is 130 Å². The van der Waals surface area contributed by atoms with Gasteiger partial charge in [-0.1, -0.05) is 6.42 Å². The molecule has 2 aromatic rings. The monoisotopic (exact) mass is 343 g/mol. The van der Waals surface area contributed by atoms with Gasteiger partial charge in [-0.3, -0.25) is 25.0 Å². The van der Waals surface area contributed by atoms with Gasteiger partial charge in [0.05, 0.1) is 16.8 Å². The summed E-state index contributed by atoms with van der Waals surface area (Å²) in [6.45, 7) is 0. The Kier molecular flexibility index (Phi) is 4.22. The summed E-state index contributed by atoms with van der Waals surface area (Å²) in [4.78, 5) is 41.7. The van der Waals surface area contributed by atoms with Crippen LogP contribution >= 0.6 is 0 Å². The van der Waals surface area contributed by atoms with Crippen LogP contribution in [-0.4, -0.2) is 33.8 Å². The van der Waals surface area contributed by atoms with E-state index in [1.807, 2.05) is 0 Å². The van der Waals surface area contributed by atoms with E-state index in [2.05, 4.69) is 20.6 Å². The predicted octanol–water partition coefficient (Wildman–Crippen LogP) is 1.84. The number of carbonyl (C=O) groups is 2. The first-order valence-corrected chi connectivity index (χ1v) is 7.80. The fourth-order valence-corrected chi connectivity index (χ4v) is 2.85. The minimum atomic E-state index is -1.03. The maximum absolute atomic E-state index is 12.5. The molecule has 9 heteroatoms. The van der Waals surface area contributed by atoms with Crippen LogP contribution in [0, 0.1) is 15.5 Å². The number of aromatic amines is 1. The largest absolute Gasteiger partial charge is 0.358 e. The van der Waals surface area contributed by atoms with Crippen LogP contribution in [0.3, 0.4) is 0 Å². The third-order valence-corrected chi connectivity index (χ3v) is 4.50. The summed E-state index contributed by atoms with van der Waals surface area (Å²) in [6.07, 6.45) is 3.36. The number of nitro benzene ring substituents is 1. The Balaban J connectivity index is 1.74. The molecule has 3 rings (SSSR count). The number of aromatic nitrogens is 2. The standard InChI is InChI=1S/C16H17N5O4/c1-17-13(22)16(7-2-8-16)14(23)20-15-18-9-12(19-15)10-3-5-11(6-4-10)21(24)25/h3-6,9H,2,7-8H2,1H3,(H,17,22)(H2,18,19,20,23). The molecule has 2 amide bonds. The molecule has 1 heterocycles. The quantitative estimate of drug-likeness (QED) is 0.433. The average molecular weight is 343 g/mol. The molecule has 130 valence electrons. The summed E-state index contributed by atoms with van der Waals surface area (Å²) >= 11 is 0. The zero-order valence-electron chi connectivity index (χ0n) is 13.5. The molecule has 0 radical (unpaired) electrons. The van der Waals surface area contributed by atoms with Gasteiger partial charge in [0.15, 0.2) is 0 Å². The van der Waals surface area contributed by atoms with E-state index in [0.29, 0.717) is 24.1 Å². The Morgan fingerprint density at radius 1 is 1.24 bits per heavy atom. The van der Waals surface area contributed by atoms with Gasteiger partial charge in [0.2, 0.25) is 17.8 Å². The minimum absolute atomic E-state index is 0.00528. The Morgan fingerprint density at radius 2 is 1.92 bits per heavy atom. The van der Waals surface area contributed by atoms with Gasteiger partial charge < -0.3 is 10.3 Å². The molecule has 1 aromatic heterocycles. The molecule has 1 aromatic carbocycles. The second kappa shape index (κ2) is 6.34. The molecule has 25 heavy (non-hydrogen) atoms. The Morgan fingerprint density at radius 3 is 2.44 bits per heavy atom. The highest BCUT2D eigenvalue weighted by Gasteiger charge is 2.50. The lowest BCUT2D eigenvalue weighted by molar-refractivity contribution is -0.384. The number of hydrogen-bond acceptors (Lipinski definition) is 5. The number of anilines is 1. The van der Waals surface area contributed by atoms with Crippen molar-refractivity contribution in [2.75, 3.05) is 12.4 Å². The predicted molar refractivity (Wildman–Crippen MR) is 89.7 cm³/mol. The van der Waals surface area contributed by atoms with Crippen LogP contribution < -0.4 is 10.6 Å². The van der Waals surface area contributed by atoms with Crippen molar-refractivity contribution in [2.24, 2.45) is 5.41 Å². The van der Waals surface area contributed by atoms with E-state index in [0.717, 1.165) is 6.42 Å². The average Bonchev–Trinajstić information content (AvgIpc) is 3.02. The van der Waals surface area contributed by atoms with Crippen LogP contribution in [0.2, 0.25) is 0 Å². The number of nitro groups is 1. The molecule has 1 fully saturated rings. The number of non-ortho nitro benzene ring substituents is 1. The zero-order chi connectivity index (χ0) is 18.0. The lowest BCUT2D eigenvalue weighted by atomic mass is 9.67. The molecule has 0 atom stereocenters. The lowest BCUT2D eigenvalue weighted by Gasteiger charge is -2.37. The second-order valence-electron chi connectivity index (χ2n) is 5.92. The van der Waals surface area contributed by atoms with Crippen LogP contribution in [0.5, 0.6) is 0 Å². The number of rotatable bonds is 5. The van der Waals surface area contributed by atoms with E-state index in [1.165, 1.54) is 25.4 Å². The number of carbonyl (C=O) groups excluding carboxylic acids is 2. The number of benzene rings is 1. The van der Waals surface area contributed by atoms with Gasteiger partial charge in [-0.15, -0.1) is 0 Å². The van der Waals surface area contributed by atoms with Crippen LogP contribution in [0.1, 0.15) is 19.3 Å². The second-order valence-corrected chi connectivity index (χ2v) is 5.92. The highest BCUT2D eigenvalue weighted by Crippen LogP contribution is 2.42. The van der Waals surface area contributed by atoms with Crippen molar-refractivity contribution in [1.82, 2.24) is 15.3 Å². The van der Waals surface area contributed by atoms with Crippen molar-refractivity contribution >= 4 is 23.5 Å². The highest BCUT2D eigenvalue weighted by atomic mass is 16.6. The van der Waals surface area contributed by atoms with Crippen molar-refractivity contribution in [1.29, 1.82) is 0 Å². The maximum atomic E-state index is 12.5. The van der Waals surface area contributed by atoms with Crippen molar-refractivity contribution in [3.63, 3.8) is 0 Å². The van der Waals surface area contributed by atoms with Crippen LogP contribution in [0.15, 0.2) is 30.5 Å². The molecule has 1 aliphatic carbocycles. The number of imidazole rings is 1. The van der Waals surface area contributed by atoms with Gasteiger partial charge in [0.25, 0.3) is 5.69 Å². The zero-order valence-corrected chi connectivity index (χ0v) is 13.5.